The van der Waals surface area contributed by atoms with E-state index >= 15 is 0 Å². The minimum Gasteiger partial charge on any atom is -0.354 e. The number of H-pyrrole nitrogens is 2. The van der Waals surface area contributed by atoms with Gasteiger partial charge in [-0.15, -0.1) is 22.7 Å². The molecule has 0 aliphatic carbocycles. The van der Waals surface area contributed by atoms with Crippen LogP contribution in [-0.2, 0) is 0 Å². The summed E-state index contributed by atoms with van der Waals surface area (Å²) in [5.41, 5.74) is 14.2. The Morgan fingerprint density at radius 3 is 1.11 bits per heavy atom. The van der Waals surface area contributed by atoms with E-state index in [1.807, 2.05) is 0 Å². The number of aromatic nitrogens is 4. The van der Waals surface area contributed by atoms with Crippen molar-refractivity contribution < 1.29 is 0 Å². The highest BCUT2D eigenvalue weighted by molar-refractivity contribution is 7.14. The Labute approximate surface area is 273 Å². The van der Waals surface area contributed by atoms with Gasteiger partial charge < -0.3 is 9.97 Å². The van der Waals surface area contributed by atoms with E-state index in [4.69, 9.17) is 9.97 Å². The van der Waals surface area contributed by atoms with Crippen LogP contribution in [0.3, 0.4) is 0 Å². The molecule has 7 heterocycles. The summed E-state index contributed by atoms with van der Waals surface area (Å²) in [6.07, 6.45) is 8.57. The van der Waals surface area contributed by atoms with Crippen molar-refractivity contribution in [1.29, 1.82) is 0 Å². The first-order valence-electron chi connectivity index (χ1n) is 15.1. The minimum absolute atomic E-state index is 0.916. The molecule has 0 spiro atoms. The maximum Gasteiger partial charge on any atom is 0.0745 e. The van der Waals surface area contributed by atoms with Crippen molar-refractivity contribution in [3.8, 4) is 43.1 Å². The molecule has 0 atom stereocenters. The van der Waals surface area contributed by atoms with Gasteiger partial charge in [0.1, 0.15) is 0 Å². The van der Waals surface area contributed by atoms with Gasteiger partial charge in [0.25, 0.3) is 0 Å². The van der Waals surface area contributed by atoms with Gasteiger partial charge in [-0.05, 0) is 82.6 Å². The predicted octanol–water partition coefficient (Wildman–Crippen LogP) is 11.4. The van der Waals surface area contributed by atoms with Crippen LogP contribution < -0.4 is 0 Å². The molecule has 0 unspecified atom stereocenters. The van der Waals surface area contributed by atoms with Crippen LogP contribution in [0.25, 0.3) is 89.5 Å². The molecule has 2 N–H and O–H groups in total. The standard InChI is InChI=1S/C40H26N4S2/c1-3-9-25(10-4-1)37-27-15-16-28(41-27)38(26-11-5-2-6-12-26)30-18-20-32(43-30)40(36-14-8-24-46-36)34-22-21-33(44-34)39(35-13-7-23-45-35)31-19-17-29(37)42-31/h1-24,42-43H. The molecule has 4 nitrogen and oxygen atoms in total. The van der Waals surface area contributed by atoms with E-state index in [1.54, 1.807) is 22.7 Å². The third kappa shape index (κ3) is 4.58. The fraction of sp³-hybridized carbons (Fsp3) is 0. The average Bonchev–Trinajstić information content (AvgIpc) is 3.93. The Bertz CT molecular complexity index is 2280. The smallest absolute Gasteiger partial charge is 0.0745 e. The maximum atomic E-state index is 5.34. The second-order valence-electron chi connectivity index (χ2n) is 11.2. The highest BCUT2D eigenvalue weighted by Crippen LogP contribution is 2.39. The molecule has 2 aliphatic heterocycles. The SMILES string of the molecule is C1=Cc2nc1c(-c1ccccc1)c1ccc([nH]1)c(-c1cccs1)c1nc(c(-c3cccs3)c3ccc([nH]3)c2-c2ccccc2)C=C1. The molecule has 7 aromatic rings. The number of fused-ring (bicyclic) bond motifs is 8. The molecule has 0 amide bonds. The number of aromatic amines is 2. The van der Waals surface area contributed by atoms with Crippen molar-refractivity contribution in [2.24, 2.45) is 0 Å². The molecule has 0 saturated carbocycles. The lowest BCUT2D eigenvalue weighted by atomic mass is 10.0. The van der Waals surface area contributed by atoms with Gasteiger partial charge in [0.15, 0.2) is 0 Å². The number of thiophene rings is 2. The van der Waals surface area contributed by atoms with Crippen LogP contribution in [0.2, 0.25) is 0 Å². The van der Waals surface area contributed by atoms with Crippen LogP contribution >= 0.6 is 22.7 Å². The Hall–Kier alpha value is -5.56. The Morgan fingerprint density at radius 2 is 0.739 bits per heavy atom. The Balaban J connectivity index is 1.49. The van der Waals surface area contributed by atoms with Crippen LogP contribution in [-0.4, -0.2) is 19.9 Å². The summed E-state index contributed by atoms with van der Waals surface area (Å²) in [7, 11) is 0. The third-order valence-electron chi connectivity index (χ3n) is 8.41. The summed E-state index contributed by atoms with van der Waals surface area (Å²) < 4.78 is 0. The number of benzene rings is 2. The summed E-state index contributed by atoms with van der Waals surface area (Å²) >= 11 is 3.45. The van der Waals surface area contributed by atoms with E-state index in [1.165, 1.54) is 0 Å². The zero-order chi connectivity index (χ0) is 30.5. The van der Waals surface area contributed by atoms with Crippen LogP contribution in [0.5, 0.6) is 0 Å². The summed E-state index contributed by atoms with van der Waals surface area (Å²) in [5.74, 6) is 0. The van der Waals surface area contributed by atoms with Gasteiger partial charge in [-0.3, -0.25) is 0 Å². The van der Waals surface area contributed by atoms with Crippen LogP contribution in [0.1, 0.15) is 22.8 Å². The van der Waals surface area contributed by atoms with Crippen LogP contribution in [0.15, 0.2) is 120 Å². The largest absolute Gasteiger partial charge is 0.354 e. The van der Waals surface area contributed by atoms with Crippen molar-refractivity contribution in [3.05, 3.63) is 143 Å². The molecule has 0 saturated heterocycles. The number of hydrogen-bond acceptors (Lipinski definition) is 4. The van der Waals surface area contributed by atoms with E-state index < -0.39 is 0 Å². The Kier molecular flexibility index (Phi) is 6.47. The molecule has 2 aliphatic rings. The Morgan fingerprint density at radius 1 is 0.370 bits per heavy atom. The van der Waals surface area contributed by atoms with Gasteiger partial charge in [0.2, 0.25) is 0 Å². The van der Waals surface area contributed by atoms with E-state index in [0.717, 1.165) is 88.0 Å². The topological polar surface area (TPSA) is 57.4 Å². The molecule has 218 valence electrons. The lowest BCUT2D eigenvalue weighted by Crippen LogP contribution is -1.88. The van der Waals surface area contributed by atoms with Crippen LogP contribution in [0, 0.1) is 0 Å². The van der Waals surface area contributed by atoms with E-state index in [0.29, 0.717) is 0 Å². The van der Waals surface area contributed by atoms with Gasteiger partial charge in [-0.1, -0.05) is 72.8 Å². The molecule has 0 fully saturated rings. The van der Waals surface area contributed by atoms with Crippen molar-refractivity contribution in [1.82, 2.24) is 19.9 Å². The second kappa shape index (κ2) is 11.1. The molecule has 8 bridgehead atoms. The first-order chi connectivity index (χ1) is 22.8. The third-order valence-corrected chi connectivity index (χ3v) is 10.2. The monoisotopic (exact) mass is 626 g/mol. The zero-order valence-electron chi connectivity index (χ0n) is 24.6. The lowest BCUT2D eigenvalue weighted by molar-refractivity contribution is 1.31. The minimum atomic E-state index is 0.916. The maximum absolute atomic E-state index is 5.34. The lowest BCUT2D eigenvalue weighted by Gasteiger charge is -2.05. The highest BCUT2D eigenvalue weighted by Gasteiger charge is 2.19. The molecular weight excluding hydrogens is 601 g/mol. The van der Waals surface area contributed by atoms with Crippen LogP contribution in [0.4, 0.5) is 0 Å². The summed E-state index contributed by atoms with van der Waals surface area (Å²) in [5, 5.41) is 4.24. The summed E-state index contributed by atoms with van der Waals surface area (Å²) in [4.78, 5) is 20.6. The zero-order valence-corrected chi connectivity index (χ0v) is 26.2. The molecule has 6 heteroatoms. The second-order valence-corrected chi connectivity index (χ2v) is 13.1. The van der Waals surface area contributed by atoms with Gasteiger partial charge >= 0.3 is 0 Å². The van der Waals surface area contributed by atoms with E-state index in [9.17, 15) is 0 Å². The fourth-order valence-electron chi connectivity index (χ4n) is 6.38. The van der Waals surface area contributed by atoms with E-state index in [-0.39, 0.29) is 0 Å². The van der Waals surface area contributed by atoms with E-state index in [2.05, 4.69) is 154 Å². The van der Waals surface area contributed by atoms with Crippen molar-refractivity contribution in [2.45, 2.75) is 0 Å². The number of nitrogens with zero attached hydrogens (tertiary/aromatic N) is 2. The molecule has 0 radical (unpaired) electrons. The number of rotatable bonds is 4. The first kappa shape index (κ1) is 26.8. The normalized spacial score (nSPS) is 12.2. The fourth-order valence-corrected chi connectivity index (χ4v) is 7.97. The highest BCUT2D eigenvalue weighted by atomic mass is 32.1. The first-order valence-corrected chi connectivity index (χ1v) is 16.9. The average molecular weight is 627 g/mol. The summed E-state index contributed by atoms with van der Waals surface area (Å²) in [6, 6.07) is 38.3. The summed E-state index contributed by atoms with van der Waals surface area (Å²) in [6.45, 7) is 0. The molecular formula is C40H26N4S2. The molecule has 46 heavy (non-hydrogen) atoms. The van der Waals surface area contributed by atoms with Gasteiger partial charge in [-0.2, -0.15) is 0 Å². The molecule has 2 aromatic carbocycles. The quantitative estimate of drug-likeness (QED) is 0.204. The van der Waals surface area contributed by atoms with Gasteiger partial charge in [-0.25, -0.2) is 9.97 Å². The number of nitrogens with one attached hydrogen (secondary N) is 2. The van der Waals surface area contributed by atoms with Gasteiger partial charge in [0, 0.05) is 54.1 Å². The molecule has 9 rings (SSSR count). The van der Waals surface area contributed by atoms with Crippen molar-refractivity contribution in [2.75, 3.05) is 0 Å². The number of hydrogen-bond donors (Lipinski definition) is 2. The van der Waals surface area contributed by atoms with Crippen molar-refractivity contribution in [3.63, 3.8) is 0 Å². The predicted molar refractivity (Wildman–Crippen MR) is 196 cm³/mol. The molecule has 5 aromatic heterocycles. The van der Waals surface area contributed by atoms with Crippen molar-refractivity contribution >= 4 is 69.0 Å². The van der Waals surface area contributed by atoms with Gasteiger partial charge in [0.05, 0.1) is 22.8 Å².